The molecule has 5 nitrogen and oxygen atoms in total. The topological polar surface area (TPSA) is 55.8 Å². The van der Waals surface area contributed by atoms with E-state index in [0.29, 0.717) is 43.3 Å². The molecule has 0 bridgehead atoms. The molecular formula is C18H26ClNO4. The van der Waals surface area contributed by atoms with Crippen LogP contribution in [0.4, 0.5) is 0 Å². The van der Waals surface area contributed by atoms with Crippen molar-refractivity contribution in [3.05, 3.63) is 34.9 Å². The fourth-order valence-corrected chi connectivity index (χ4v) is 2.25. The first-order valence-corrected chi connectivity index (χ1v) is 8.64. The summed E-state index contributed by atoms with van der Waals surface area (Å²) in [4.78, 5) is 25.9. The molecule has 6 heteroatoms. The molecule has 0 aliphatic carbocycles. The van der Waals surface area contributed by atoms with Crippen molar-refractivity contribution in [3.63, 3.8) is 0 Å². The van der Waals surface area contributed by atoms with Crippen LogP contribution < -0.4 is 0 Å². The summed E-state index contributed by atoms with van der Waals surface area (Å²) in [5.41, 5.74) is 0.549. The highest BCUT2D eigenvalue weighted by atomic mass is 35.5. The number of amides is 1. The second kappa shape index (κ2) is 11.0. The first-order valence-electron chi connectivity index (χ1n) is 8.26. The lowest BCUT2D eigenvalue weighted by Gasteiger charge is -2.23. The van der Waals surface area contributed by atoms with E-state index in [1.165, 1.54) is 0 Å². The van der Waals surface area contributed by atoms with Gasteiger partial charge in [0.25, 0.3) is 5.91 Å². The number of rotatable bonds is 10. The summed E-state index contributed by atoms with van der Waals surface area (Å²) in [6, 6.07) is 6.74. The second-order valence-corrected chi connectivity index (χ2v) is 6.06. The predicted molar refractivity (Wildman–Crippen MR) is 94.3 cm³/mol. The van der Waals surface area contributed by atoms with Gasteiger partial charge in [0, 0.05) is 30.3 Å². The summed E-state index contributed by atoms with van der Waals surface area (Å²) >= 11 is 5.86. The molecule has 134 valence electrons. The Morgan fingerprint density at radius 2 is 1.83 bits per heavy atom. The summed E-state index contributed by atoms with van der Waals surface area (Å²) in [5, 5.41) is 0.579. The summed E-state index contributed by atoms with van der Waals surface area (Å²) < 4.78 is 10.4. The SMILES string of the molecule is CCOC(=O)CCN(CCCOC(C)C)C(=O)c1ccc(Cl)cc1. The number of benzene rings is 1. The van der Waals surface area contributed by atoms with Gasteiger partial charge in [-0.1, -0.05) is 11.6 Å². The Hall–Kier alpha value is -1.59. The number of hydrogen-bond acceptors (Lipinski definition) is 4. The van der Waals surface area contributed by atoms with Gasteiger partial charge in [0.15, 0.2) is 0 Å². The molecule has 1 aromatic rings. The largest absolute Gasteiger partial charge is 0.466 e. The first kappa shape index (κ1) is 20.5. The minimum atomic E-state index is -0.301. The van der Waals surface area contributed by atoms with Crippen molar-refractivity contribution in [2.45, 2.75) is 39.7 Å². The standard InChI is InChI=1S/C18H26ClNO4/c1-4-23-17(21)10-12-20(11-5-13-24-14(2)3)18(22)15-6-8-16(19)9-7-15/h6-9,14H,4-5,10-13H2,1-3H3. The van der Waals surface area contributed by atoms with E-state index in [0.717, 1.165) is 0 Å². The van der Waals surface area contributed by atoms with Crippen LogP contribution >= 0.6 is 11.6 Å². The molecule has 0 unspecified atom stereocenters. The van der Waals surface area contributed by atoms with Crippen LogP contribution in [0.3, 0.4) is 0 Å². The predicted octanol–water partition coefficient (Wildman–Crippen LogP) is 3.55. The van der Waals surface area contributed by atoms with E-state index in [4.69, 9.17) is 21.1 Å². The summed E-state index contributed by atoms with van der Waals surface area (Å²) in [5.74, 6) is -0.426. The molecule has 0 saturated carbocycles. The van der Waals surface area contributed by atoms with Crippen LogP contribution in [0, 0.1) is 0 Å². The van der Waals surface area contributed by atoms with Gasteiger partial charge < -0.3 is 14.4 Å². The van der Waals surface area contributed by atoms with Crippen LogP contribution in [0.1, 0.15) is 44.0 Å². The number of ether oxygens (including phenoxy) is 2. The van der Waals surface area contributed by atoms with Crippen molar-refractivity contribution in [2.24, 2.45) is 0 Å². The molecule has 0 aliphatic heterocycles. The summed E-state index contributed by atoms with van der Waals surface area (Å²) in [6.07, 6.45) is 1.04. The highest BCUT2D eigenvalue weighted by Gasteiger charge is 2.17. The van der Waals surface area contributed by atoms with Gasteiger partial charge in [-0.2, -0.15) is 0 Å². The number of nitrogens with zero attached hydrogens (tertiary/aromatic N) is 1. The van der Waals surface area contributed by atoms with Crippen LogP contribution in [0.5, 0.6) is 0 Å². The fraction of sp³-hybridized carbons (Fsp3) is 0.556. The lowest BCUT2D eigenvalue weighted by Crippen LogP contribution is -2.34. The minimum absolute atomic E-state index is 0.125. The normalized spacial score (nSPS) is 10.7. The molecule has 1 amide bonds. The Morgan fingerprint density at radius 1 is 1.17 bits per heavy atom. The average molecular weight is 356 g/mol. The number of carbonyl (C=O) groups is 2. The number of hydrogen-bond donors (Lipinski definition) is 0. The van der Waals surface area contributed by atoms with Gasteiger partial charge in [0.05, 0.1) is 19.1 Å². The van der Waals surface area contributed by atoms with Gasteiger partial charge in [-0.05, 0) is 51.5 Å². The summed E-state index contributed by atoms with van der Waals surface area (Å²) in [7, 11) is 0. The van der Waals surface area contributed by atoms with E-state index in [-0.39, 0.29) is 24.4 Å². The zero-order valence-electron chi connectivity index (χ0n) is 14.6. The van der Waals surface area contributed by atoms with Gasteiger partial charge >= 0.3 is 5.97 Å². The number of carbonyl (C=O) groups excluding carboxylic acids is 2. The highest BCUT2D eigenvalue weighted by molar-refractivity contribution is 6.30. The van der Waals surface area contributed by atoms with Gasteiger partial charge in [-0.15, -0.1) is 0 Å². The van der Waals surface area contributed by atoms with E-state index in [9.17, 15) is 9.59 Å². The Morgan fingerprint density at radius 3 is 2.42 bits per heavy atom. The third-order valence-corrected chi connectivity index (χ3v) is 3.55. The molecule has 0 spiro atoms. The van der Waals surface area contributed by atoms with E-state index >= 15 is 0 Å². The Kier molecular flexibility index (Phi) is 9.42. The van der Waals surface area contributed by atoms with Crippen molar-refractivity contribution in [1.29, 1.82) is 0 Å². The smallest absolute Gasteiger partial charge is 0.307 e. The Bertz CT molecular complexity index is 516. The molecule has 0 atom stereocenters. The lowest BCUT2D eigenvalue weighted by atomic mass is 10.2. The molecule has 0 N–H and O–H groups in total. The average Bonchev–Trinajstić information content (AvgIpc) is 2.54. The maximum absolute atomic E-state index is 12.6. The fourth-order valence-electron chi connectivity index (χ4n) is 2.12. The maximum Gasteiger partial charge on any atom is 0.307 e. The number of halogens is 1. The van der Waals surface area contributed by atoms with Gasteiger partial charge in [0.1, 0.15) is 0 Å². The molecule has 0 radical (unpaired) electrons. The van der Waals surface area contributed by atoms with Crippen molar-refractivity contribution in [2.75, 3.05) is 26.3 Å². The van der Waals surface area contributed by atoms with Gasteiger partial charge in [-0.3, -0.25) is 9.59 Å². The highest BCUT2D eigenvalue weighted by Crippen LogP contribution is 2.12. The lowest BCUT2D eigenvalue weighted by molar-refractivity contribution is -0.143. The van der Waals surface area contributed by atoms with E-state index in [2.05, 4.69) is 0 Å². The van der Waals surface area contributed by atoms with Gasteiger partial charge in [-0.25, -0.2) is 0 Å². The molecule has 1 rings (SSSR count). The Labute approximate surface area is 148 Å². The molecule has 0 heterocycles. The van der Waals surface area contributed by atoms with E-state index in [1.807, 2.05) is 13.8 Å². The van der Waals surface area contributed by atoms with Crippen LogP contribution in [0.2, 0.25) is 5.02 Å². The molecular weight excluding hydrogens is 330 g/mol. The van der Waals surface area contributed by atoms with E-state index < -0.39 is 0 Å². The third-order valence-electron chi connectivity index (χ3n) is 3.29. The van der Waals surface area contributed by atoms with Crippen LogP contribution in [0.15, 0.2) is 24.3 Å². The minimum Gasteiger partial charge on any atom is -0.466 e. The van der Waals surface area contributed by atoms with E-state index in [1.54, 1.807) is 36.1 Å². The van der Waals surface area contributed by atoms with Crippen LogP contribution in [-0.4, -0.2) is 49.2 Å². The molecule has 0 aromatic heterocycles. The monoisotopic (exact) mass is 355 g/mol. The molecule has 24 heavy (non-hydrogen) atoms. The maximum atomic E-state index is 12.6. The van der Waals surface area contributed by atoms with Crippen molar-refractivity contribution in [1.82, 2.24) is 4.90 Å². The third kappa shape index (κ3) is 7.79. The molecule has 0 saturated heterocycles. The Balaban J connectivity index is 2.65. The van der Waals surface area contributed by atoms with Crippen molar-refractivity contribution in [3.8, 4) is 0 Å². The molecule has 1 aromatic carbocycles. The molecule has 0 fully saturated rings. The number of esters is 1. The molecule has 0 aliphatic rings. The first-order chi connectivity index (χ1) is 11.4. The van der Waals surface area contributed by atoms with Crippen molar-refractivity contribution >= 4 is 23.5 Å². The second-order valence-electron chi connectivity index (χ2n) is 5.63. The zero-order chi connectivity index (χ0) is 17.9. The van der Waals surface area contributed by atoms with Crippen molar-refractivity contribution < 1.29 is 19.1 Å². The quantitative estimate of drug-likeness (QED) is 0.475. The van der Waals surface area contributed by atoms with Gasteiger partial charge in [0.2, 0.25) is 0 Å². The van der Waals surface area contributed by atoms with Crippen LogP contribution in [0.25, 0.3) is 0 Å². The van der Waals surface area contributed by atoms with Crippen LogP contribution in [-0.2, 0) is 14.3 Å². The summed E-state index contributed by atoms with van der Waals surface area (Å²) in [6.45, 7) is 7.45. The zero-order valence-corrected chi connectivity index (χ0v) is 15.3.